The van der Waals surface area contributed by atoms with Gasteiger partial charge in [-0.25, -0.2) is 13.5 Å². The molecule has 0 fully saturated rings. The molecule has 0 unspecified atom stereocenters. The highest BCUT2D eigenvalue weighted by molar-refractivity contribution is 7.71. The van der Waals surface area contributed by atoms with Crippen molar-refractivity contribution in [2.45, 2.75) is 26.2 Å². The van der Waals surface area contributed by atoms with E-state index < -0.39 is 6.10 Å². The van der Waals surface area contributed by atoms with Crippen LogP contribution in [-0.4, -0.2) is 21.7 Å². The summed E-state index contributed by atoms with van der Waals surface area (Å²) in [5.74, 6) is 0.244. The van der Waals surface area contributed by atoms with E-state index in [1.807, 2.05) is 11.9 Å². The largest absolute Gasteiger partial charge is 0.481 e. The van der Waals surface area contributed by atoms with Crippen LogP contribution in [0.15, 0.2) is 52.9 Å². The normalized spacial score (nSPS) is 12.3. The summed E-state index contributed by atoms with van der Waals surface area (Å²) >= 11 is 5.23. The Balaban J connectivity index is 1.63. The van der Waals surface area contributed by atoms with Gasteiger partial charge < -0.3 is 9.15 Å². The second kappa shape index (κ2) is 8.41. The Morgan fingerprint density at radius 1 is 1.11 bits per heavy atom. The van der Waals surface area contributed by atoms with Gasteiger partial charge in [-0.2, -0.15) is 0 Å². The van der Waals surface area contributed by atoms with Crippen LogP contribution in [0.4, 0.5) is 8.78 Å². The van der Waals surface area contributed by atoms with Gasteiger partial charge in [-0.3, -0.25) is 4.90 Å². The van der Waals surface area contributed by atoms with Crippen LogP contribution in [0.1, 0.15) is 24.5 Å². The number of ether oxygens (including phenoxy) is 1. The van der Waals surface area contributed by atoms with Gasteiger partial charge in [-0.05, 0) is 68.2 Å². The van der Waals surface area contributed by atoms with Crippen LogP contribution in [0, 0.1) is 16.5 Å². The minimum atomic E-state index is -0.485. The van der Waals surface area contributed by atoms with Gasteiger partial charge in [0, 0.05) is 6.54 Å². The predicted molar refractivity (Wildman–Crippen MR) is 98.6 cm³/mol. The van der Waals surface area contributed by atoms with Crippen molar-refractivity contribution in [1.82, 2.24) is 14.7 Å². The molecule has 1 heterocycles. The highest BCUT2D eigenvalue weighted by Gasteiger charge is 2.16. The van der Waals surface area contributed by atoms with Crippen molar-refractivity contribution in [2.24, 2.45) is 0 Å². The minimum absolute atomic E-state index is 0.227. The molecule has 0 saturated carbocycles. The van der Waals surface area contributed by atoms with Crippen LogP contribution < -0.4 is 4.74 Å². The summed E-state index contributed by atoms with van der Waals surface area (Å²) in [6, 6.07) is 12.0. The molecule has 0 aliphatic heterocycles. The summed E-state index contributed by atoms with van der Waals surface area (Å²) < 4.78 is 38.8. The molecule has 0 radical (unpaired) electrons. The first-order valence-electron chi connectivity index (χ1n) is 8.34. The maximum absolute atomic E-state index is 13.0. The Labute approximate surface area is 160 Å². The number of halogens is 2. The van der Waals surface area contributed by atoms with E-state index in [-0.39, 0.29) is 16.5 Å². The molecule has 0 saturated heterocycles. The molecule has 0 amide bonds. The lowest BCUT2D eigenvalue weighted by molar-refractivity contribution is 0.187. The summed E-state index contributed by atoms with van der Waals surface area (Å²) in [4.78, 5) is 2.20. The third kappa shape index (κ3) is 5.21. The molecule has 142 valence electrons. The molecule has 3 rings (SSSR count). The maximum atomic E-state index is 13.0. The summed E-state index contributed by atoms with van der Waals surface area (Å²) in [5, 5.41) is 4.36. The molecular weight excluding hydrogens is 372 g/mol. The number of hydrogen-bond donors (Lipinski definition) is 0. The Kier molecular flexibility index (Phi) is 5.98. The lowest BCUT2D eigenvalue weighted by Gasteiger charge is -2.16. The van der Waals surface area contributed by atoms with Crippen molar-refractivity contribution in [3.8, 4) is 5.75 Å². The molecule has 1 atom stereocenters. The monoisotopic (exact) mass is 391 g/mol. The van der Waals surface area contributed by atoms with Gasteiger partial charge in [0.1, 0.15) is 17.4 Å². The summed E-state index contributed by atoms with van der Waals surface area (Å²) in [5.41, 5.74) is 0.974. The zero-order chi connectivity index (χ0) is 19.4. The molecule has 27 heavy (non-hydrogen) atoms. The zero-order valence-corrected chi connectivity index (χ0v) is 15.7. The van der Waals surface area contributed by atoms with Crippen molar-refractivity contribution < 1.29 is 17.9 Å². The number of benzene rings is 2. The van der Waals surface area contributed by atoms with Crippen molar-refractivity contribution in [3.63, 3.8) is 0 Å². The first-order chi connectivity index (χ1) is 12.9. The summed E-state index contributed by atoms with van der Waals surface area (Å²) in [6.07, 6.45) is -0.485. The van der Waals surface area contributed by atoms with Crippen LogP contribution in [-0.2, 0) is 13.2 Å². The van der Waals surface area contributed by atoms with Crippen molar-refractivity contribution in [2.75, 3.05) is 7.05 Å². The lowest BCUT2D eigenvalue weighted by atomic mass is 10.2. The number of hydrogen-bond acceptors (Lipinski definition) is 5. The fourth-order valence-electron chi connectivity index (χ4n) is 2.52. The van der Waals surface area contributed by atoms with E-state index in [0.29, 0.717) is 24.9 Å². The highest BCUT2D eigenvalue weighted by Crippen LogP contribution is 2.21. The molecule has 0 aliphatic carbocycles. The molecule has 0 bridgehead atoms. The fourth-order valence-corrected chi connectivity index (χ4v) is 2.71. The van der Waals surface area contributed by atoms with Gasteiger partial charge in [-0.15, -0.1) is 5.10 Å². The van der Waals surface area contributed by atoms with Crippen LogP contribution in [0.2, 0.25) is 0 Å². The third-order valence-corrected chi connectivity index (χ3v) is 4.13. The van der Waals surface area contributed by atoms with E-state index in [0.717, 1.165) is 5.56 Å². The van der Waals surface area contributed by atoms with Gasteiger partial charge in [-0.1, -0.05) is 12.1 Å². The molecule has 5 nitrogen and oxygen atoms in total. The van der Waals surface area contributed by atoms with Crippen LogP contribution in [0.25, 0.3) is 0 Å². The molecule has 1 aromatic heterocycles. The average molecular weight is 391 g/mol. The van der Waals surface area contributed by atoms with Crippen molar-refractivity contribution in [1.29, 1.82) is 0 Å². The van der Waals surface area contributed by atoms with Crippen LogP contribution in [0.5, 0.6) is 5.75 Å². The van der Waals surface area contributed by atoms with Gasteiger partial charge in [0.2, 0.25) is 0 Å². The van der Waals surface area contributed by atoms with E-state index in [9.17, 15) is 8.78 Å². The van der Waals surface area contributed by atoms with E-state index in [1.54, 1.807) is 23.7 Å². The Morgan fingerprint density at radius 2 is 1.70 bits per heavy atom. The SMILES string of the molecule is C[C@@H](Oc1ccc(F)cc1)c1nn(CN(C)Cc2ccc(F)cc2)c(=S)o1. The zero-order valence-electron chi connectivity index (χ0n) is 14.9. The molecule has 0 spiro atoms. The number of nitrogens with zero attached hydrogens (tertiary/aromatic N) is 3. The second-order valence-electron chi connectivity index (χ2n) is 6.20. The van der Waals surface area contributed by atoms with Gasteiger partial charge in [0.15, 0.2) is 6.10 Å². The quantitative estimate of drug-likeness (QED) is 0.546. The van der Waals surface area contributed by atoms with Crippen LogP contribution in [0.3, 0.4) is 0 Å². The molecule has 2 aromatic carbocycles. The topological polar surface area (TPSA) is 43.4 Å². The Morgan fingerprint density at radius 3 is 2.33 bits per heavy atom. The second-order valence-corrected chi connectivity index (χ2v) is 6.55. The molecular formula is C19H19F2N3O2S. The van der Waals surface area contributed by atoms with Gasteiger partial charge in [0.25, 0.3) is 10.7 Å². The van der Waals surface area contributed by atoms with E-state index >= 15 is 0 Å². The predicted octanol–water partition coefficient (Wildman–Crippen LogP) is 4.71. The summed E-state index contributed by atoms with van der Waals surface area (Å²) in [7, 11) is 1.90. The molecule has 0 N–H and O–H groups in total. The third-order valence-electron chi connectivity index (χ3n) is 3.84. The molecule has 0 aliphatic rings. The fraction of sp³-hybridized carbons (Fsp3) is 0.263. The smallest absolute Gasteiger partial charge is 0.288 e. The van der Waals surface area contributed by atoms with Crippen LogP contribution >= 0.6 is 12.2 Å². The standard InChI is InChI=1S/C19H19F2N3O2S/c1-13(25-17-9-7-16(21)8-10-17)18-22-24(19(27)26-18)12-23(2)11-14-3-5-15(20)6-4-14/h3-10,13H,11-12H2,1-2H3/t13-/m1/s1. The summed E-state index contributed by atoms with van der Waals surface area (Å²) in [6.45, 7) is 2.78. The Hall–Kier alpha value is -2.58. The lowest BCUT2D eigenvalue weighted by Crippen LogP contribution is -2.22. The minimum Gasteiger partial charge on any atom is -0.481 e. The van der Waals surface area contributed by atoms with Crippen molar-refractivity contribution >= 4 is 12.2 Å². The number of aromatic nitrogens is 2. The van der Waals surface area contributed by atoms with E-state index in [2.05, 4.69) is 5.10 Å². The number of rotatable bonds is 7. The Bertz CT molecular complexity index is 939. The maximum Gasteiger partial charge on any atom is 0.288 e. The molecule has 3 aromatic rings. The molecule has 8 heteroatoms. The highest BCUT2D eigenvalue weighted by atomic mass is 32.1. The average Bonchev–Trinajstić information content (AvgIpc) is 2.99. The van der Waals surface area contributed by atoms with E-state index in [4.69, 9.17) is 21.4 Å². The van der Waals surface area contributed by atoms with E-state index in [1.165, 1.54) is 36.4 Å². The first-order valence-corrected chi connectivity index (χ1v) is 8.74. The van der Waals surface area contributed by atoms with Gasteiger partial charge >= 0.3 is 0 Å². The van der Waals surface area contributed by atoms with Gasteiger partial charge in [0.05, 0.1) is 6.67 Å². The first kappa shape index (κ1) is 19.2. The van der Waals surface area contributed by atoms with Crippen molar-refractivity contribution in [3.05, 3.63) is 76.5 Å².